The largest absolute Gasteiger partial charge is 0.320 e. The Kier molecular flexibility index (Phi) is 6.38. The van der Waals surface area contributed by atoms with E-state index in [0.29, 0.717) is 0 Å². The molecule has 0 N–H and O–H groups in total. The zero-order valence-electron chi connectivity index (χ0n) is 14.6. The molecule has 2 aromatic carbocycles. The average Bonchev–Trinajstić information content (AvgIpc) is 2.60. The van der Waals surface area contributed by atoms with Crippen LogP contribution in [-0.4, -0.2) is 8.24 Å². The van der Waals surface area contributed by atoms with E-state index in [9.17, 15) is 43.9 Å². The van der Waals surface area contributed by atoms with Gasteiger partial charge >= 0.3 is 0 Å². The van der Waals surface area contributed by atoms with E-state index in [1.807, 2.05) is 0 Å². The maximum atomic E-state index is 14.4. The van der Waals surface area contributed by atoms with Gasteiger partial charge in [-0.05, 0) is 15.5 Å². The lowest BCUT2D eigenvalue weighted by atomic mass is 10.3. The molecular formula is C15H9BrF10NPSi. The molecule has 2 rings (SSSR count). The number of nitrogens with zero attached hydrogens (tertiary/aromatic N) is 1. The van der Waals surface area contributed by atoms with Crippen LogP contribution in [0.25, 0.3) is 0 Å². The van der Waals surface area contributed by atoms with Crippen LogP contribution in [0.5, 0.6) is 0 Å². The molecule has 0 amide bonds. The van der Waals surface area contributed by atoms with Crippen molar-refractivity contribution in [2.45, 2.75) is 19.6 Å². The SMILES string of the molecule is C[Si](C)(C)N=P(Br)(c1c(F)c(F)c(F)c(F)c1F)c1c(F)c(F)c(F)c(F)c1F. The van der Waals surface area contributed by atoms with Gasteiger partial charge in [-0.25, -0.2) is 43.9 Å². The Morgan fingerprint density at radius 1 is 0.517 bits per heavy atom. The van der Waals surface area contributed by atoms with E-state index in [1.165, 1.54) is 19.6 Å². The molecule has 1 nitrogen and oxygen atoms in total. The Morgan fingerprint density at radius 2 is 0.724 bits per heavy atom. The predicted molar refractivity (Wildman–Crippen MR) is 93.4 cm³/mol. The van der Waals surface area contributed by atoms with Crippen molar-refractivity contribution in [3.8, 4) is 0 Å². The van der Waals surface area contributed by atoms with E-state index in [4.69, 9.17) is 0 Å². The van der Waals surface area contributed by atoms with Gasteiger partial charge in [0.2, 0.25) is 11.6 Å². The molecule has 0 bridgehead atoms. The van der Waals surface area contributed by atoms with Gasteiger partial charge in [-0.15, -0.1) is 0 Å². The highest BCUT2D eigenvalue weighted by molar-refractivity contribution is 9.42. The van der Waals surface area contributed by atoms with Gasteiger partial charge in [0.1, 0.15) is 0 Å². The van der Waals surface area contributed by atoms with E-state index >= 15 is 0 Å². The summed E-state index contributed by atoms with van der Waals surface area (Å²) in [5.41, 5.74) is 0. The fourth-order valence-electron chi connectivity index (χ4n) is 2.33. The quantitative estimate of drug-likeness (QED) is 0.143. The molecule has 0 atom stereocenters. The normalized spacial score (nSPS) is 12.5. The molecular weight excluding hydrogens is 523 g/mol. The molecule has 0 aliphatic rings. The van der Waals surface area contributed by atoms with Gasteiger partial charge in [-0.1, -0.05) is 19.6 Å². The van der Waals surface area contributed by atoms with Crippen LogP contribution in [0, 0.1) is 58.2 Å². The molecule has 0 aromatic heterocycles. The number of halogens is 11. The van der Waals surface area contributed by atoms with Crippen molar-refractivity contribution < 1.29 is 43.9 Å². The number of hydrogen-bond donors (Lipinski definition) is 0. The summed E-state index contributed by atoms with van der Waals surface area (Å²) < 4.78 is 143. The van der Waals surface area contributed by atoms with E-state index in [-0.39, 0.29) is 0 Å². The topological polar surface area (TPSA) is 12.4 Å². The fourth-order valence-corrected chi connectivity index (χ4v) is 14.2. The monoisotopic (exact) mass is 531 g/mol. The summed E-state index contributed by atoms with van der Waals surface area (Å²) in [6.07, 6.45) is 0. The highest BCUT2D eigenvalue weighted by Gasteiger charge is 2.42. The van der Waals surface area contributed by atoms with E-state index in [0.717, 1.165) is 0 Å². The maximum absolute atomic E-state index is 14.4. The lowest BCUT2D eigenvalue weighted by molar-refractivity contribution is 0.383. The van der Waals surface area contributed by atoms with E-state index in [2.05, 4.69) is 19.9 Å². The van der Waals surface area contributed by atoms with E-state index in [1.54, 1.807) is 0 Å². The molecule has 0 radical (unpaired) electrons. The summed E-state index contributed by atoms with van der Waals surface area (Å²) in [4.78, 5) is 0. The van der Waals surface area contributed by atoms with Gasteiger partial charge in [0.15, 0.2) is 54.8 Å². The van der Waals surface area contributed by atoms with E-state index < -0.39 is 82.8 Å². The summed E-state index contributed by atoms with van der Waals surface area (Å²) in [5, 5.41) is -3.61. The van der Waals surface area contributed by atoms with Crippen LogP contribution in [0.2, 0.25) is 19.6 Å². The number of rotatable bonds is 3. The third kappa shape index (κ3) is 3.88. The lowest BCUT2D eigenvalue weighted by Crippen LogP contribution is -2.31. The van der Waals surface area contributed by atoms with Gasteiger partial charge in [0.05, 0.1) is 16.4 Å². The first-order valence-electron chi connectivity index (χ1n) is 7.43. The molecule has 0 unspecified atom stereocenters. The minimum atomic E-state index is -4.89. The molecule has 0 saturated carbocycles. The van der Waals surface area contributed by atoms with Crippen LogP contribution in [0.4, 0.5) is 43.9 Å². The van der Waals surface area contributed by atoms with Crippen LogP contribution >= 0.6 is 21.2 Å². The molecule has 0 fully saturated rings. The number of hydrogen-bond acceptors (Lipinski definition) is 1. The Balaban J connectivity index is 3.23. The van der Waals surface area contributed by atoms with Crippen molar-refractivity contribution in [3.05, 3.63) is 58.2 Å². The highest BCUT2D eigenvalue weighted by Crippen LogP contribution is 2.59. The van der Waals surface area contributed by atoms with Crippen LogP contribution in [0.3, 0.4) is 0 Å². The van der Waals surface area contributed by atoms with Crippen LogP contribution in [-0.2, 0) is 0 Å². The molecule has 0 aliphatic heterocycles. The zero-order chi connectivity index (χ0) is 22.6. The lowest BCUT2D eigenvalue weighted by Gasteiger charge is -2.26. The summed E-state index contributed by atoms with van der Waals surface area (Å²) in [5.74, 6) is -29.9. The highest BCUT2D eigenvalue weighted by atomic mass is 79.9. The minimum absolute atomic E-state index is 1.35. The Bertz CT molecular complexity index is 951. The minimum Gasteiger partial charge on any atom is -0.320 e. The van der Waals surface area contributed by atoms with Crippen LogP contribution in [0.15, 0.2) is 4.41 Å². The van der Waals surface area contributed by atoms with Crippen molar-refractivity contribution in [1.29, 1.82) is 0 Å². The van der Waals surface area contributed by atoms with Gasteiger partial charge in [0, 0.05) is 0 Å². The van der Waals surface area contributed by atoms with Crippen molar-refractivity contribution in [1.82, 2.24) is 0 Å². The first-order valence-corrected chi connectivity index (χ1v) is 14.6. The summed E-state index contributed by atoms with van der Waals surface area (Å²) >= 11 is 2.53. The molecule has 14 heteroatoms. The van der Waals surface area contributed by atoms with Crippen molar-refractivity contribution in [2.24, 2.45) is 4.41 Å². The zero-order valence-corrected chi connectivity index (χ0v) is 18.0. The molecule has 2 aromatic rings. The summed E-state index contributed by atoms with van der Waals surface area (Å²) in [6, 6.07) is 0. The third-order valence-corrected chi connectivity index (χ3v) is 12.4. The predicted octanol–water partition coefficient (Wildman–Crippen LogP) is 6.37. The summed E-state index contributed by atoms with van der Waals surface area (Å²) in [6.45, 7) is 4.04. The fraction of sp³-hybridized carbons (Fsp3) is 0.200. The standard InChI is InChI=1S/C15H9BrF10NPSi/c1-29(2,3)27-28(16,14-10(23)6(19)4(17)7(20)11(14)24)15-12(25)8(21)5(18)9(22)13(15)26/h1-3H3. The number of benzene rings is 2. The second-order valence-electron chi connectivity index (χ2n) is 6.66. The molecule has 0 heterocycles. The van der Waals surface area contributed by atoms with Crippen LogP contribution in [0.1, 0.15) is 0 Å². The van der Waals surface area contributed by atoms with Gasteiger partial charge < -0.3 is 4.41 Å². The molecule has 0 saturated heterocycles. The van der Waals surface area contributed by atoms with Crippen molar-refractivity contribution in [3.63, 3.8) is 0 Å². The third-order valence-electron chi connectivity index (χ3n) is 3.40. The van der Waals surface area contributed by atoms with Gasteiger partial charge in [0.25, 0.3) is 0 Å². The van der Waals surface area contributed by atoms with Gasteiger partial charge in [-0.2, -0.15) is 0 Å². The second-order valence-corrected chi connectivity index (χ2v) is 16.9. The Hall–Kier alpha value is -1.33. The Labute approximate surface area is 166 Å². The molecule has 0 spiro atoms. The molecule has 0 aliphatic carbocycles. The second kappa shape index (κ2) is 7.73. The van der Waals surface area contributed by atoms with Crippen LogP contribution < -0.4 is 10.6 Å². The maximum Gasteiger partial charge on any atom is 0.200 e. The molecule has 160 valence electrons. The average molecular weight is 532 g/mol. The summed E-state index contributed by atoms with van der Waals surface area (Å²) in [7, 11) is -3.06. The smallest absolute Gasteiger partial charge is 0.200 e. The molecule has 29 heavy (non-hydrogen) atoms. The van der Waals surface area contributed by atoms with Crippen molar-refractivity contribution >= 4 is 40.1 Å². The Morgan fingerprint density at radius 3 is 0.931 bits per heavy atom. The first kappa shape index (κ1) is 23.9. The van der Waals surface area contributed by atoms with Gasteiger partial charge in [-0.3, -0.25) is 0 Å². The van der Waals surface area contributed by atoms with Crippen molar-refractivity contribution in [2.75, 3.05) is 0 Å². The first-order chi connectivity index (χ1) is 13.1.